The van der Waals surface area contributed by atoms with Gasteiger partial charge in [-0.2, -0.15) is 5.26 Å². The summed E-state index contributed by atoms with van der Waals surface area (Å²) in [5.41, 5.74) is 0.317. The molecule has 5 heteroatoms. The maximum Gasteiger partial charge on any atom is 0.326 e. The first kappa shape index (κ1) is 11.4. The maximum atomic E-state index is 11.2. The van der Waals surface area contributed by atoms with Crippen LogP contribution in [0.3, 0.4) is 0 Å². The lowest BCUT2D eigenvalue weighted by Crippen LogP contribution is -2.45. The van der Waals surface area contributed by atoms with Gasteiger partial charge in [-0.1, -0.05) is 6.07 Å². The number of pyridine rings is 1. The summed E-state index contributed by atoms with van der Waals surface area (Å²) in [6.45, 7) is 0.679. The van der Waals surface area contributed by atoms with Crippen molar-refractivity contribution in [3.63, 3.8) is 0 Å². The summed E-state index contributed by atoms with van der Waals surface area (Å²) in [6.07, 6.45) is 2.52. The van der Waals surface area contributed by atoms with E-state index in [0.29, 0.717) is 24.5 Å². The third-order valence-corrected chi connectivity index (χ3v) is 2.93. The summed E-state index contributed by atoms with van der Waals surface area (Å²) in [5, 5.41) is 18.0. The van der Waals surface area contributed by atoms with Crippen molar-refractivity contribution in [3.8, 4) is 6.07 Å². The summed E-state index contributed by atoms with van der Waals surface area (Å²) in [5.74, 6) is -0.245. The fourth-order valence-corrected chi connectivity index (χ4v) is 2.11. The lowest BCUT2D eigenvalue weighted by molar-refractivity contribution is -0.139. The highest BCUT2D eigenvalue weighted by Crippen LogP contribution is 2.23. The molecule has 2 heterocycles. The van der Waals surface area contributed by atoms with Crippen LogP contribution < -0.4 is 4.90 Å². The Bertz CT molecular complexity index is 467. The number of carboxylic acids is 1. The van der Waals surface area contributed by atoms with Crippen LogP contribution in [0.2, 0.25) is 0 Å². The smallest absolute Gasteiger partial charge is 0.326 e. The highest BCUT2D eigenvalue weighted by Gasteiger charge is 2.29. The first-order chi connectivity index (χ1) is 8.22. The van der Waals surface area contributed by atoms with Crippen LogP contribution in [0.25, 0.3) is 0 Å². The third-order valence-electron chi connectivity index (χ3n) is 2.93. The lowest BCUT2D eigenvalue weighted by atomic mass is 10.0. The number of aliphatic carboxylic acids is 1. The van der Waals surface area contributed by atoms with Gasteiger partial charge in [0.1, 0.15) is 23.6 Å². The molecule has 1 fully saturated rings. The average Bonchev–Trinajstić information content (AvgIpc) is 2.39. The van der Waals surface area contributed by atoms with Crippen molar-refractivity contribution < 1.29 is 9.90 Å². The molecule has 0 aliphatic carbocycles. The van der Waals surface area contributed by atoms with Crippen molar-refractivity contribution >= 4 is 11.8 Å². The molecule has 1 aromatic heterocycles. The van der Waals surface area contributed by atoms with Crippen LogP contribution in [0.5, 0.6) is 0 Å². The molecular formula is C12H13N3O2. The van der Waals surface area contributed by atoms with E-state index in [1.807, 2.05) is 6.07 Å². The number of hydrogen-bond donors (Lipinski definition) is 1. The second-order valence-corrected chi connectivity index (χ2v) is 4.04. The van der Waals surface area contributed by atoms with E-state index in [0.717, 1.165) is 12.8 Å². The maximum absolute atomic E-state index is 11.2. The number of aromatic nitrogens is 1. The number of anilines is 1. The number of rotatable bonds is 2. The van der Waals surface area contributed by atoms with Crippen LogP contribution in [-0.4, -0.2) is 28.6 Å². The summed E-state index contributed by atoms with van der Waals surface area (Å²) < 4.78 is 0. The van der Waals surface area contributed by atoms with Gasteiger partial charge in [-0.3, -0.25) is 0 Å². The summed E-state index contributed by atoms with van der Waals surface area (Å²) in [7, 11) is 0. The Labute approximate surface area is 99.3 Å². The molecule has 1 aliphatic heterocycles. The molecule has 88 valence electrons. The van der Waals surface area contributed by atoms with Gasteiger partial charge in [-0.15, -0.1) is 0 Å². The molecule has 2 rings (SSSR count). The predicted octanol–water partition coefficient (Wildman–Crippen LogP) is 1.40. The summed E-state index contributed by atoms with van der Waals surface area (Å²) >= 11 is 0. The second kappa shape index (κ2) is 4.83. The second-order valence-electron chi connectivity index (χ2n) is 4.04. The molecule has 17 heavy (non-hydrogen) atoms. The van der Waals surface area contributed by atoms with Crippen LogP contribution >= 0.6 is 0 Å². The third kappa shape index (κ3) is 2.36. The van der Waals surface area contributed by atoms with Crippen LogP contribution in [0.1, 0.15) is 25.0 Å². The molecular weight excluding hydrogens is 218 g/mol. The monoisotopic (exact) mass is 231 g/mol. The van der Waals surface area contributed by atoms with Crippen molar-refractivity contribution in [1.82, 2.24) is 4.98 Å². The standard InChI is InChI=1S/C12H13N3O2/c13-8-9-4-3-6-11(14-9)15-7-2-1-5-10(15)12(16)17/h3-4,6,10H,1-2,5,7H2,(H,16,17). The highest BCUT2D eigenvalue weighted by atomic mass is 16.4. The van der Waals surface area contributed by atoms with Gasteiger partial charge in [0, 0.05) is 6.54 Å². The molecule has 5 nitrogen and oxygen atoms in total. The fourth-order valence-electron chi connectivity index (χ4n) is 2.11. The largest absolute Gasteiger partial charge is 0.480 e. The number of nitrogens with zero attached hydrogens (tertiary/aromatic N) is 3. The molecule has 1 unspecified atom stereocenters. The molecule has 0 saturated carbocycles. The fraction of sp³-hybridized carbons (Fsp3) is 0.417. The van der Waals surface area contributed by atoms with Gasteiger partial charge in [0.05, 0.1) is 0 Å². The van der Waals surface area contributed by atoms with E-state index in [9.17, 15) is 4.79 Å². The zero-order chi connectivity index (χ0) is 12.3. The van der Waals surface area contributed by atoms with E-state index in [-0.39, 0.29) is 0 Å². The van der Waals surface area contributed by atoms with Gasteiger partial charge in [0.2, 0.25) is 0 Å². The quantitative estimate of drug-likeness (QED) is 0.832. The van der Waals surface area contributed by atoms with Gasteiger partial charge < -0.3 is 10.0 Å². The zero-order valence-electron chi connectivity index (χ0n) is 9.33. The number of piperidine rings is 1. The molecule has 0 spiro atoms. The molecule has 1 saturated heterocycles. The number of hydrogen-bond acceptors (Lipinski definition) is 4. The molecule has 0 radical (unpaired) electrons. The topological polar surface area (TPSA) is 77.2 Å². The molecule has 0 aromatic carbocycles. The number of carbonyl (C=O) groups is 1. The SMILES string of the molecule is N#Cc1cccc(N2CCCCC2C(=O)O)n1. The van der Waals surface area contributed by atoms with Gasteiger partial charge in [-0.25, -0.2) is 9.78 Å². The van der Waals surface area contributed by atoms with Gasteiger partial charge >= 0.3 is 5.97 Å². The van der Waals surface area contributed by atoms with E-state index in [1.165, 1.54) is 0 Å². The van der Waals surface area contributed by atoms with Crippen LogP contribution in [-0.2, 0) is 4.79 Å². The van der Waals surface area contributed by atoms with E-state index in [4.69, 9.17) is 10.4 Å². The predicted molar refractivity (Wildman–Crippen MR) is 61.6 cm³/mol. The Kier molecular flexibility index (Phi) is 3.24. The van der Waals surface area contributed by atoms with Crippen molar-refractivity contribution in [3.05, 3.63) is 23.9 Å². The number of nitriles is 1. The van der Waals surface area contributed by atoms with Gasteiger partial charge in [0.15, 0.2) is 0 Å². The molecule has 1 N–H and O–H groups in total. The van der Waals surface area contributed by atoms with E-state index in [2.05, 4.69) is 4.98 Å². The first-order valence-corrected chi connectivity index (χ1v) is 5.59. The Morgan fingerprint density at radius 1 is 1.53 bits per heavy atom. The van der Waals surface area contributed by atoms with Crippen molar-refractivity contribution in [2.45, 2.75) is 25.3 Å². The minimum atomic E-state index is -0.825. The first-order valence-electron chi connectivity index (χ1n) is 5.59. The van der Waals surface area contributed by atoms with E-state index in [1.54, 1.807) is 23.1 Å². The van der Waals surface area contributed by atoms with Gasteiger partial charge in [0.25, 0.3) is 0 Å². The molecule has 1 aromatic rings. The van der Waals surface area contributed by atoms with Crippen LogP contribution in [0.4, 0.5) is 5.82 Å². The van der Waals surface area contributed by atoms with Crippen LogP contribution in [0.15, 0.2) is 18.2 Å². The Hall–Kier alpha value is -2.09. The summed E-state index contributed by atoms with van der Waals surface area (Å²) in [4.78, 5) is 17.1. The minimum Gasteiger partial charge on any atom is -0.480 e. The van der Waals surface area contributed by atoms with Crippen molar-refractivity contribution in [2.75, 3.05) is 11.4 Å². The van der Waals surface area contributed by atoms with Gasteiger partial charge in [-0.05, 0) is 31.4 Å². The molecule has 0 amide bonds. The lowest BCUT2D eigenvalue weighted by Gasteiger charge is -2.33. The average molecular weight is 231 g/mol. The minimum absolute atomic E-state index is 0.317. The number of carboxylic acid groups (broad SMARTS) is 1. The normalized spacial score (nSPS) is 19.7. The van der Waals surface area contributed by atoms with E-state index >= 15 is 0 Å². The van der Waals surface area contributed by atoms with E-state index < -0.39 is 12.0 Å². The molecule has 0 bridgehead atoms. The van der Waals surface area contributed by atoms with Crippen LogP contribution in [0, 0.1) is 11.3 Å². The van der Waals surface area contributed by atoms with Crippen molar-refractivity contribution in [1.29, 1.82) is 5.26 Å². The summed E-state index contributed by atoms with van der Waals surface area (Å²) in [6, 6.07) is 6.54. The van der Waals surface area contributed by atoms with Crippen molar-refractivity contribution in [2.24, 2.45) is 0 Å². The Balaban J connectivity index is 2.29. The zero-order valence-corrected chi connectivity index (χ0v) is 9.33. The highest BCUT2D eigenvalue weighted by molar-refractivity contribution is 5.78. The molecule has 1 aliphatic rings. The Morgan fingerprint density at radius 3 is 3.06 bits per heavy atom. The Morgan fingerprint density at radius 2 is 2.35 bits per heavy atom. The molecule has 1 atom stereocenters.